The van der Waals surface area contributed by atoms with Crippen molar-refractivity contribution in [3.05, 3.63) is 93.5 Å². The summed E-state index contributed by atoms with van der Waals surface area (Å²) in [5.74, 6) is -0.699. The fraction of sp³-hybridized carbons (Fsp3) is 0.375. The third kappa shape index (κ3) is 7.57. The first kappa shape index (κ1) is 30.8. The molecule has 3 aromatic carbocycles. The quantitative estimate of drug-likeness (QED) is 0.293. The minimum absolute atomic E-state index is 0.0983. The molecule has 0 aromatic heterocycles. The molecule has 0 heterocycles. The number of hydrogen-bond acceptors (Lipinski definition) is 4. The minimum atomic E-state index is -4.11. The second-order valence-electron chi connectivity index (χ2n) is 10.9. The molecule has 41 heavy (non-hydrogen) atoms. The van der Waals surface area contributed by atoms with Gasteiger partial charge in [0.15, 0.2) is 0 Å². The number of halogens is 1. The van der Waals surface area contributed by atoms with Crippen LogP contribution in [0, 0.1) is 20.8 Å². The van der Waals surface area contributed by atoms with Gasteiger partial charge in [-0.15, -0.1) is 0 Å². The van der Waals surface area contributed by atoms with Crippen LogP contribution in [-0.2, 0) is 26.2 Å². The Morgan fingerprint density at radius 2 is 1.61 bits per heavy atom. The van der Waals surface area contributed by atoms with E-state index in [1.165, 1.54) is 9.21 Å². The first-order valence-corrected chi connectivity index (χ1v) is 16.2. The molecule has 1 aliphatic rings. The fourth-order valence-corrected chi connectivity index (χ4v) is 7.06. The molecule has 1 fully saturated rings. The highest BCUT2D eigenvalue weighted by Gasteiger charge is 2.34. The zero-order valence-corrected chi connectivity index (χ0v) is 26.5. The van der Waals surface area contributed by atoms with Gasteiger partial charge >= 0.3 is 0 Å². The number of benzene rings is 3. The summed E-state index contributed by atoms with van der Waals surface area (Å²) in [5.41, 5.74) is 3.79. The molecule has 4 rings (SSSR count). The summed E-state index contributed by atoms with van der Waals surface area (Å²) in [6.45, 7) is 7.01. The fourth-order valence-electron chi connectivity index (χ4n) is 5.15. The molecule has 0 aliphatic heterocycles. The molecule has 1 N–H and O–H groups in total. The Kier molecular flexibility index (Phi) is 9.92. The summed E-state index contributed by atoms with van der Waals surface area (Å²) in [6, 6.07) is 19.0. The first-order valence-electron chi connectivity index (χ1n) is 14.0. The summed E-state index contributed by atoms with van der Waals surface area (Å²) >= 11 is 3.49. The van der Waals surface area contributed by atoms with Crippen LogP contribution in [0.2, 0.25) is 0 Å². The van der Waals surface area contributed by atoms with E-state index in [4.69, 9.17) is 0 Å². The first-order chi connectivity index (χ1) is 19.5. The maximum absolute atomic E-state index is 14.2. The van der Waals surface area contributed by atoms with E-state index in [9.17, 15) is 18.0 Å². The molecule has 2 amide bonds. The summed E-state index contributed by atoms with van der Waals surface area (Å²) in [5, 5.41) is 3.10. The number of hydrogen-bond donors (Lipinski definition) is 1. The number of rotatable bonds is 10. The van der Waals surface area contributed by atoms with Crippen LogP contribution in [0.4, 0.5) is 5.69 Å². The van der Waals surface area contributed by atoms with Crippen LogP contribution in [0.5, 0.6) is 0 Å². The van der Waals surface area contributed by atoms with E-state index in [2.05, 4.69) is 21.2 Å². The van der Waals surface area contributed by atoms with Crippen molar-refractivity contribution in [1.82, 2.24) is 10.2 Å². The molecule has 7 nitrogen and oxygen atoms in total. The van der Waals surface area contributed by atoms with Crippen LogP contribution in [0.1, 0.15) is 54.9 Å². The van der Waals surface area contributed by atoms with E-state index in [0.717, 1.165) is 52.4 Å². The molecule has 9 heteroatoms. The van der Waals surface area contributed by atoms with Crippen LogP contribution >= 0.6 is 15.9 Å². The summed E-state index contributed by atoms with van der Waals surface area (Å²) < 4.78 is 30.2. The monoisotopic (exact) mass is 639 g/mol. The second-order valence-corrected chi connectivity index (χ2v) is 13.7. The van der Waals surface area contributed by atoms with E-state index in [1.54, 1.807) is 37.3 Å². The van der Waals surface area contributed by atoms with Gasteiger partial charge in [-0.2, -0.15) is 0 Å². The molecule has 0 unspecified atom stereocenters. The van der Waals surface area contributed by atoms with Gasteiger partial charge in [-0.25, -0.2) is 8.42 Å². The molecular weight excluding hydrogens is 602 g/mol. The topological polar surface area (TPSA) is 86.8 Å². The SMILES string of the molecule is Cc1ccc(S(=O)(=O)N(CC(=O)N(Cc2cccc(Br)c2)[C@H](C)C(=O)NC2CCCC2)c2cc(C)ccc2C)cc1. The zero-order chi connectivity index (χ0) is 29.7. The molecular formula is C32H38BrN3O4S. The van der Waals surface area contributed by atoms with E-state index >= 15 is 0 Å². The lowest BCUT2D eigenvalue weighted by Crippen LogP contribution is -2.52. The zero-order valence-electron chi connectivity index (χ0n) is 24.1. The molecule has 1 atom stereocenters. The highest BCUT2D eigenvalue weighted by molar-refractivity contribution is 9.10. The van der Waals surface area contributed by atoms with Crippen molar-refractivity contribution in [3.63, 3.8) is 0 Å². The van der Waals surface area contributed by atoms with Crippen molar-refractivity contribution in [2.75, 3.05) is 10.8 Å². The average molecular weight is 641 g/mol. The van der Waals surface area contributed by atoms with Gasteiger partial charge in [0.05, 0.1) is 10.6 Å². The van der Waals surface area contributed by atoms with E-state index in [-0.39, 0.29) is 23.4 Å². The normalized spacial score (nSPS) is 14.5. The Labute approximate surface area is 252 Å². The van der Waals surface area contributed by atoms with E-state index in [0.29, 0.717) is 5.69 Å². The van der Waals surface area contributed by atoms with Crippen molar-refractivity contribution in [2.24, 2.45) is 0 Å². The van der Waals surface area contributed by atoms with Gasteiger partial charge in [0, 0.05) is 17.1 Å². The van der Waals surface area contributed by atoms with Gasteiger partial charge in [-0.1, -0.05) is 70.7 Å². The number of nitrogens with zero attached hydrogens (tertiary/aromatic N) is 2. The number of carbonyl (C=O) groups is 2. The highest BCUT2D eigenvalue weighted by Crippen LogP contribution is 2.29. The summed E-state index contributed by atoms with van der Waals surface area (Å²) in [6.07, 6.45) is 3.99. The van der Waals surface area contributed by atoms with Gasteiger partial charge in [0.1, 0.15) is 12.6 Å². The Morgan fingerprint density at radius 3 is 2.27 bits per heavy atom. The predicted molar refractivity (Wildman–Crippen MR) is 166 cm³/mol. The Hall–Kier alpha value is -3.17. The van der Waals surface area contributed by atoms with Gasteiger partial charge in [-0.05, 0) is 87.6 Å². The van der Waals surface area contributed by atoms with Crippen molar-refractivity contribution in [3.8, 4) is 0 Å². The molecule has 0 saturated heterocycles. The van der Waals surface area contributed by atoms with Crippen molar-refractivity contribution >= 4 is 43.5 Å². The van der Waals surface area contributed by atoms with Crippen molar-refractivity contribution in [2.45, 2.75) is 76.9 Å². The number of amides is 2. The second kappa shape index (κ2) is 13.2. The Balaban J connectivity index is 1.72. The van der Waals surface area contributed by atoms with E-state index in [1.807, 2.05) is 57.2 Å². The third-order valence-corrected chi connectivity index (χ3v) is 9.90. The number of carbonyl (C=O) groups excluding carboxylic acids is 2. The van der Waals surface area contributed by atoms with E-state index < -0.39 is 28.5 Å². The van der Waals surface area contributed by atoms with Crippen molar-refractivity contribution < 1.29 is 18.0 Å². The third-order valence-electron chi connectivity index (χ3n) is 7.63. The largest absolute Gasteiger partial charge is 0.352 e. The smallest absolute Gasteiger partial charge is 0.264 e. The van der Waals surface area contributed by atoms with Crippen LogP contribution in [0.3, 0.4) is 0 Å². The molecule has 1 saturated carbocycles. The highest BCUT2D eigenvalue weighted by atomic mass is 79.9. The lowest BCUT2D eigenvalue weighted by molar-refractivity contribution is -0.139. The van der Waals surface area contributed by atoms with Crippen LogP contribution < -0.4 is 9.62 Å². The van der Waals surface area contributed by atoms with Gasteiger partial charge in [-0.3, -0.25) is 13.9 Å². The number of sulfonamides is 1. The lowest BCUT2D eigenvalue weighted by Gasteiger charge is -2.33. The van der Waals surface area contributed by atoms with Crippen molar-refractivity contribution in [1.29, 1.82) is 0 Å². The van der Waals surface area contributed by atoms with Gasteiger partial charge in [0.25, 0.3) is 10.0 Å². The number of aryl methyl sites for hydroxylation is 3. The molecule has 0 bridgehead atoms. The molecule has 218 valence electrons. The van der Waals surface area contributed by atoms with Crippen LogP contribution in [-0.4, -0.2) is 43.8 Å². The van der Waals surface area contributed by atoms with Crippen LogP contribution in [0.15, 0.2) is 76.1 Å². The number of anilines is 1. The lowest BCUT2D eigenvalue weighted by atomic mass is 10.1. The predicted octanol–water partition coefficient (Wildman–Crippen LogP) is 6.05. The maximum atomic E-state index is 14.2. The Morgan fingerprint density at radius 1 is 0.951 bits per heavy atom. The van der Waals surface area contributed by atoms with Crippen LogP contribution in [0.25, 0.3) is 0 Å². The average Bonchev–Trinajstić information content (AvgIpc) is 3.44. The summed E-state index contributed by atoms with van der Waals surface area (Å²) in [7, 11) is -4.11. The maximum Gasteiger partial charge on any atom is 0.264 e. The Bertz CT molecular complexity index is 1500. The minimum Gasteiger partial charge on any atom is -0.352 e. The van der Waals surface area contributed by atoms with Gasteiger partial charge in [0.2, 0.25) is 11.8 Å². The summed E-state index contributed by atoms with van der Waals surface area (Å²) in [4.78, 5) is 29.1. The molecule has 1 aliphatic carbocycles. The number of nitrogens with one attached hydrogen (secondary N) is 1. The standard InChI is InChI=1S/C32H38BrN3O4S/c1-22-13-16-29(17-14-22)41(39,40)36(30-18-23(2)12-15-24(30)3)21-31(37)35(20-26-8-7-9-27(33)19-26)25(4)32(38)34-28-10-5-6-11-28/h7-9,12-19,25,28H,5-6,10-11,20-21H2,1-4H3,(H,34,38)/t25-/m1/s1. The molecule has 0 spiro atoms. The van der Waals surface area contributed by atoms with Gasteiger partial charge < -0.3 is 10.2 Å². The molecule has 0 radical (unpaired) electrons. The molecule has 3 aromatic rings.